The second-order valence-electron chi connectivity index (χ2n) is 5.86. The topological polar surface area (TPSA) is 38.1 Å². The van der Waals surface area contributed by atoms with Crippen LogP contribution in [0, 0.1) is 0 Å². The van der Waals surface area contributed by atoms with E-state index in [1.54, 1.807) is 10.9 Å². The number of para-hydroxylation sites is 1. The van der Waals surface area contributed by atoms with E-state index in [0.717, 1.165) is 17.8 Å². The average molecular weight is 303 g/mol. The highest BCUT2D eigenvalue weighted by molar-refractivity contribution is 6.08. The molecule has 0 fully saturated rings. The van der Waals surface area contributed by atoms with Gasteiger partial charge in [0.15, 0.2) is 0 Å². The van der Waals surface area contributed by atoms with Crippen LogP contribution >= 0.6 is 0 Å². The van der Waals surface area contributed by atoms with Crippen molar-refractivity contribution >= 4 is 11.6 Å². The van der Waals surface area contributed by atoms with Crippen molar-refractivity contribution in [2.45, 2.75) is 19.4 Å². The summed E-state index contributed by atoms with van der Waals surface area (Å²) in [5.74, 6) is 0.0384. The average Bonchev–Trinajstić information content (AvgIpc) is 3.21. The van der Waals surface area contributed by atoms with E-state index in [1.165, 1.54) is 5.56 Å². The number of carbonyl (C=O) groups is 1. The highest BCUT2D eigenvalue weighted by Gasteiger charge is 2.31. The van der Waals surface area contributed by atoms with Gasteiger partial charge in [-0.1, -0.05) is 24.3 Å². The first-order valence-electron chi connectivity index (χ1n) is 7.75. The Balaban J connectivity index is 1.71. The van der Waals surface area contributed by atoms with Gasteiger partial charge in [0, 0.05) is 29.7 Å². The minimum Gasteiger partial charge on any atom is -0.305 e. The number of nitrogens with zero attached hydrogens (tertiary/aromatic N) is 3. The third-order valence-electron chi connectivity index (χ3n) is 4.29. The minimum absolute atomic E-state index is 0.0384. The van der Waals surface area contributed by atoms with Gasteiger partial charge in [0.1, 0.15) is 0 Å². The summed E-state index contributed by atoms with van der Waals surface area (Å²) >= 11 is 0. The first-order chi connectivity index (χ1) is 11.2. The van der Waals surface area contributed by atoms with Gasteiger partial charge < -0.3 is 4.90 Å². The summed E-state index contributed by atoms with van der Waals surface area (Å²) in [5.41, 5.74) is 3.83. The van der Waals surface area contributed by atoms with Crippen LogP contribution in [0.2, 0.25) is 0 Å². The number of fused-ring (bicyclic) bond motifs is 1. The molecule has 1 atom stereocenters. The molecule has 2 heterocycles. The smallest absolute Gasteiger partial charge is 0.258 e. The molecule has 0 N–H and O–H groups in total. The molecule has 0 saturated carbocycles. The first-order valence-corrected chi connectivity index (χ1v) is 7.75. The molecule has 2 aromatic carbocycles. The molecule has 0 spiro atoms. The molecule has 23 heavy (non-hydrogen) atoms. The predicted octanol–water partition coefficient (Wildman–Crippen LogP) is 3.46. The number of aromatic nitrogens is 2. The molecule has 0 bridgehead atoms. The SMILES string of the molecule is CC1Cc2ccccc2N1C(=O)c1cccc(-n2cccn2)c1. The second-order valence-corrected chi connectivity index (χ2v) is 5.86. The van der Waals surface area contributed by atoms with Crippen LogP contribution in [0.5, 0.6) is 0 Å². The van der Waals surface area contributed by atoms with Crippen LogP contribution in [-0.4, -0.2) is 21.7 Å². The summed E-state index contributed by atoms with van der Waals surface area (Å²) in [6.45, 7) is 2.09. The predicted molar refractivity (Wildman–Crippen MR) is 90.0 cm³/mol. The van der Waals surface area contributed by atoms with Crippen LogP contribution in [0.15, 0.2) is 67.0 Å². The molecule has 0 radical (unpaired) electrons. The molecular formula is C19H17N3O. The van der Waals surface area contributed by atoms with E-state index in [4.69, 9.17) is 0 Å². The van der Waals surface area contributed by atoms with Gasteiger partial charge in [-0.25, -0.2) is 4.68 Å². The summed E-state index contributed by atoms with van der Waals surface area (Å²) in [6, 6.07) is 17.8. The van der Waals surface area contributed by atoms with Gasteiger partial charge in [-0.15, -0.1) is 0 Å². The van der Waals surface area contributed by atoms with Crippen molar-refractivity contribution in [3.05, 3.63) is 78.1 Å². The molecule has 1 amide bonds. The van der Waals surface area contributed by atoms with Gasteiger partial charge in [-0.2, -0.15) is 5.10 Å². The quantitative estimate of drug-likeness (QED) is 0.727. The normalized spacial score (nSPS) is 16.4. The van der Waals surface area contributed by atoms with Gasteiger partial charge in [-0.3, -0.25) is 4.79 Å². The molecule has 1 aliphatic rings. The van der Waals surface area contributed by atoms with Crippen molar-refractivity contribution in [3.63, 3.8) is 0 Å². The van der Waals surface area contributed by atoms with E-state index >= 15 is 0 Å². The summed E-state index contributed by atoms with van der Waals surface area (Å²) in [5, 5.41) is 4.23. The Morgan fingerprint density at radius 1 is 1.13 bits per heavy atom. The molecule has 0 saturated heterocycles. The zero-order valence-corrected chi connectivity index (χ0v) is 12.9. The summed E-state index contributed by atoms with van der Waals surface area (Å²) in [4.78, 5) is 14.9. The van der Waals surface area contributed by atoms with Crippen LogP contribution in [-0.2, 0) is 6.42 Å². The Hall–Kier alpha value is -2.88. The van der Waals surface area contributed by atoms with Crippen LogP contribution in [0.4, 0.5) is 5.69 Å². The van der Waals surface area contributed by atoms with Gasteiger partial charge in [-0.05, 0) is 49.2 Å². The minimum atomic E-state index is 0.0384. The van der Waals surface area contributed by atoms with E-state index in [1.807, 2.05) is 59.6 Å². The van der Waals surface area contributed by atoms with Gasteiger partial charge in [0.05, 0.1) is 5.69 Å². The fourth-order valence-electron chi connectivity index (χ4n) is 3.22. The molecule has 114 valence electrons. The fourth-order valence-corrected chi connectivity index (χ4v) is 3.22. The number of carbonyl (C=O) groups excluding carboxylic acids is 1. The highest BCUT2D eigenvalue weighted by Crippen LogP contribution is 2.33. The second kappa shape index (κ2) is 5.39. The largest absolute Gasteiger partial charge is 0.305 e. The molecule has 1 aromatic heterocycles. The van der Waals surface area contributed by atoms with Crippen molar-refractivity contribution in [1.82, 2.24) is 9.78 Å². The maximum absolute atomic E-state index is 13.0. The number of rotatable bonds is 2. The molecule has 0 aliphatic carbocycles. The van der Waals surface area contributed by atoms with E-state index in [0.29, 0.717) is 5.56 Å². The zero-order valence-electron chi connectivity index (χ0n) is 12.9. The van der Waals surface area contributed by atoms with E-state index in [-0.39, 0.29) is 11.9 Å². The standard InChI is InChI=1S/C19H17N3O/c1-14-12-15-6-2-3-9-18(15)22(14)19(23)16-7-4-8-17(13-16)21-11-5-10-20-21/h2-11,13-14H,12H2,1H3. The Kier molecular flexibility index (Phi) is 3.23. The van der Waals surface area contributed by atoms with Crippen LogP contribution < -0.4 is 4.90 Å². The maximum Gasteiger partial charge on any atom is 0.258 e. The van der Waals surface area contributed by atoms with Crippen LogP contribution in [0.3, 0.4) is 0 Å². The Labute approximate surface area is 135 Å². The van der Waals surface area contributed by atoms with Crippen LogP contribution in [0.1, 0.15) is 22.8 Å². The zero-order chi connectivity index (χ0) is 15.8. The van der Waals surface area contributed by atoms with Crippen molar-refractivity contribution < 1.29 is 4.79 Å². The molecule has 4 rings (SSSR count). The fraction of sp³-hybridized carbons (Fsp3) is 0.158. The van der Waals surface area contributed by atoms with E-state index in [9.17, 15) is 4.79 Å². The van der Waals surface area contributed by atoms with Crippen molar-refractivity contribution in [1.29, 1.82) is 0 Å². The lowest BCUT2D eigenvalue weighted by Crippen LogP contribution is -2.35. The number of anilines is 1. The van der Waals surface area contributed by atoms with E-state index in [2.05, 4.69) is 18.1 Å². The van der Waals surface area contributed by atoms with Crippen LogP contribution in [0.25, 0.3) is 5.69 Å². The molecule has 4 nitrogen and oxygen atoms in total. The third-order valence-corrected chi connectivity index (χ3v) is 4.29. The molecule has 1 unspecified atom stereocenters. The Morgan fingerprint density at radius 3 is 2.83 bits per heavy atom. The van der Waals surface area contributed by atoms with Crippen molar-refractivity contribution in [3.8, 4) is 5.69 Å². The maximum atomic E-state index is 13.0. The van der Waals surface area contributed by atoms with Gasteiger partial charge in [0.25, 0.3) is 5.91 Å². The highest BCUT2D eigenvalue weighted by atomic mass is 16.2. The summed E-state index contributed by atoms with van der Waals surface area (Å²) < 4.78 is 1.76. The van der Waals surface area contributed by atoms with Crippen molar-refractivity contribution in [2.24, 2.45) is 0 Å². The molecule has 4 heteroatoms. The molecule has 1 aliphatic heterocycles. The number of amides is 1. The lowest BCUT2D eigenvalue weighted by molar-refractivity contribution is 0.0981. The lowest BCUT2D eigenvalue weighted by atomic mass is 10.1. The molecular weight excluding hydrogens is 286 g/mol. The summed E-state index contributed by atoms with van der Waals surface area (Å²) in [7, 11) is 0. The van der Waals surface area contributed by atoms with Gasteiger partial charge >= 0.3 is 0 Å². The Morgan fingerprint density at radius 2 is 2.00 bits per heavy atom. The monoisotopic (exact) mass is 303 g/mol. The van der Waals surface area contributed by atoms with Crippen molar-refractivity contribution in [2.75, 3.05) is 4.90 Å². The third kappa shape index (κ3) is 2.32. The Bertz CT molecular complexity index is 855. The molecule has 3 aromatic rings. The number of hydrogen-bond acceptors (Lipinski definition) is 2. The van der Waals surface area contributed by atoms with Gasteiger partial charge in [0.2, 0.25) is 0 Å². The van der Waals surface area contributed by atoms with E-state index < -0.39 is 0 Å². The lowest BCUT2D eigenvalue weighted by Gasteiger charge is -2.23. The number of benzene rings is 2. The summed E-state index contributed by atoms with van der Waals surface area (Å²) in [6.07, 6.45) is 4.51. The number of hydrogen-bond donors (Lipinski definition) is 0. The first kappa shape index (κ1) is 13.8.